The van der Waals surface area contributed by atoms with Crippen molar-refractivity contribution in [2.75, 3.05) is 5.32 Å². The molecule has 0 radical (unpaired) electrons. The molecule has 0 spiro atoms. The van der Waals surface area contributed by atoms with Crippen molar-refractivity contribution in [2.45, 2.75) is 50.2 Å². The molecule has 6 nitrogen and oxygen atoms in total. The van der Waals surface area contributed by atoms with E-state index in [0.717, 1.165) is 0 Å². The lowest BCUT2D eigenvalue weighted by Crippen LogP contribution is -2.44. The van der Waals surface area contributed by atoms with Crippen LogP contribution in [0.2, 0.25) is 0 Å². The number of amides is 1. The molecule has 0 aromatic heterocycles. The molecular weight excluding hydrogens is 362 g/mol. The number of anilines is 1. The van der Waals surface area contributed by atoms with Crippen LogP contribution in [0.1, 0.15) is 31.9 Å². The van der Waals surface area contributed by atoms with E-state index >= 15 is 0 Å². The summed E-state index contributed by atoms with van der Waals surface area (Å²) < 4.78 is 27.3. The molecule has 1 unspecified atom stereocenters. The summed E-state index contributed by atoms with van der Waals surface area (Å²) in [5.41, 5.74) is 2.39. The minimum absolute atomic E-state index is 0.132. The number of hydrogen-bond acceptors (Lipinski definition) is 4. The molecule has 7 heteroatoms. The first-order valence-corrected chi connectivity index (χ1v) is 10.4. The highest BCUT2D eigenvalue weighted by Gasteiger charge is 2.25. The molecule has 1 atom stereocenters. The van der Waals surface area contributed by atoms with Gasteiger partial charge in [0.2, 0.25) is 15.9 Å². The zero-order valence-corrected chi connectivity index (χ0v) is 16.6. The highest BCUT2D eigenvalue weighted by molar-refractivity contribution is 7.89. The van der Waals surface area contributed by atoms with Crippen LogP contribution in [0.25, 0.3) is 0 Å². The average Bonchev–Trinajstić information content (AvgIpc) is 2.59. The van der Waals surface area contributed by atoms with E-state index in [0.29, 0.717) is 18.7 Å². The fourth-order valence-corrected chi connectivity index (χ4v) is 4.47. The van der Waals surface area contributed by atoms with Crippen LogP contribution in [0.5, 0.6) is 0 Å². The van der Waals surface area contributed by atoms with E-state index in [1.807, 2.05) is 18.2 Å². The number of carbonyl (C=O) groups is 1. The minimum atomic E-state index is -3.59. The molecule has 3 N–H and O–H groups in total. The third-order valence-electron chi connectivity index (χ3n) is 4.27. The molecule has 1 aliphatic heterocycles. The van der Waals surface area contributed by atoms with Crippen LogP contribution in [0.3, 0.4) is 0 Å². The molecular formula is C20H25N3O3S. The van der Waals surface area contributed by atoms with Gasteiger partial charge in [0, 0.05) is 17.8 Å². The second-order valence-corrected chi connectivity index (χ2v) is 9.46. The Labute approximate surface area is 160 Å². The molecule has 0 aliphatic carbocycles. The summed E-state index contributed by atoms with van der Waals surface area (Å²) in [7, 11) is -3.59. The third-order valence-corrected chi connectivity index (χ3v) is 6.04. The van der Waals surface area contributed by atoms with Crippen molar-refractivity contribution in [3.8, 4) is 0 Å². The van der Waals surface area contributed by atoms with Crippen LogP contribution < -0.4 is 15.4 Å². The molecule has 2 aromatic rings. The minimum Gasteiger partial charge on any atom is -0.325 e. The Hall–Kier alpha value is -2.22. The first-order valence-electron chi connectivity index (χ1n) is 8.89. The Morgan fingerprint density at radius 2 is 1.67 bits per heavy atom. The molecule has 1 heterocycles. The monoisotopic (exact) mass is 387 g/mol. The zero-order valence-electron chi connectivity index (χ0n) is 15.7. The Morgan fingerprint density at radius 3 is 2.30 bits per heavy atom. The summed E-state index contributed by atoms with van der Waals surface area (Å²) in [4.78, 5) is 12.7. The Bertz CT molecular complexity index is 932. The fraction of sp³-hybridized carbons (Fsp3) is 0.350. The van der Waals surface area contributed by atoms with Gasteiger partial charge in [-0.3, -0.25) is 4.79 Å². The second-order valence-electron chi connectivity index (χ2n) is 7.78. The lowest BCUT2D eigenvalue weighted by atomic mass is 9.95. The van der Waals surface area contributed by atoms with Gasteiger partial charge in [-0.2, -0.15) is 0 Å². The van der Waals surface area contributed by atoms with Gasteiger partial charge in [-0.05, 0) is 62.6 Å². The van der Waals surface area contributed by atoms with Gasteiger partial charge in [0.25, 0.3) is 0 Å². The Balaban J connectivity index is 1.66. The van der Waals surface area contributed by atoms with Crippen molar-refractivity contribution < 1.29 is 13.2 Å². The number of hydrogen-bond donors (Lipinski definition) is 3. The quantitative estimate of drug-likeness (QED) is 0.752. The maximum atomic E-state index is 12.5. The van der Waals surface area contributed by atoms with E-state index in [1.54, 1.807) is 32.9 Å². The SMILES string of the molecule is CC(C)(C)NS(=O)(=O)c1ccc(NC(=O)C2Cc3ccccc3CN2)cc1. The summed E-state index contributed by atoms with van der Waals surface area (Å²) >= 11 is 0. The predicted molar refractivity (Wildman–Crippen MR) is 106 cm³/mol. The number of nitrogens with one attached hydrogen (secondary N) is 3. The van der Waals surface area contributed by atoms with Gasteiger partial charge in [-0.15, -0.1) is 0 Å². The molecule has 1 amide bonds. The van der Waals surface area contributed by atoms with E-state index in [9.17, 15) is 13.2 Å². The van der Waals surface area contributed by atoms with Crippen molar-refractivity contribution in [1.29, 1.82) is 0 Å². The fourth-order valence-electron chi connectivity index (χ4n) is 3.05. The van der Waals surface area contributed by atoms with Crippen LogP contribution in [0, 0.1) is 0 Å². The summed E-state index contributed by atoms with van der Waals surface area (Å²) in [6.45, 7) is 6.02. The lowest BCUT2D eigenvalue weighted by molar-refractivity contribution is -0.118. The van der Waals surface area contributed by atoms with Crippen LogP contribution in [-0.2, 0) is 27.8 Å². The smallest absolute Gasteiger partial charge is 0.241 e. The van der Waals surface area contributed by atoms with E-state index < -0.39 is 15.6 Å². The van der Waals surface area contributed by atoms with Gasteiger partial charge in [0.05, 0.1) is 10.9 Å². The lowest BCUT2D eigenvalue weighted by Gasteiger charge is -2.25. The second kappa shape index (κ2) is 7.42. The summed E-state index contributed by atoms with van der Waals surface area (Å²) in [5, 5.41) is 6.09. The topological polar surface area (TPSA) is 87.3 Å². The molecule has 1 aliphatic rings. The number of carbonyl (C=O) groups excluding carboxylic acids is 1. The summed E-state index contributed by atoms with van der Waals surface area (Å²) in [5.74, 6) is -0.132. The van der Waals surface area contributed by atoms with Crippen molar-refractivity contribution in [3.63, 3.8) is 0 Å². The molecule has 0 saturated carbocycles. The van der Waals surface area contributed by atoms with E-state index in [2.05, 4.69) is 21.4 Å². The van der Waals surface area contributed by atoms with Crippen molar-refractivity contribution in [1.82, 2.24) is 10.0 Å². The molecule has 144 valence electrons. The molecule has 27 heavy (non-hydrogen) atoms. The summed E-state index contributed by atoms with van der Waals surface area (Å²) in [6, 6.07) is 13.9. The number of sulfonamides is 1. The largest absolute Gasteiger partial charge is 0.325 e. The maximum Gasteiger partial charge on any atom is 0.241 e. The number of fused-ring (bicyclic) bond motifs is 1. The van der Waals surface area contributed by atoms with Crippen LogP contribution in [0.15, 0.2) is 53.4 Å². The highest BCUT2D eigenvalue weighted by atomic mass is 32.2. The summed E-state index contributed by atoms with van der Waals surface area (Å²) in [6.07, 6.45) is 0.629. The van der Waals surface area contributed by atoms with Gasteiger partial charge in [0.15, 0.2) is 0 Å². The van der Waals surface area contributed by atoms with Crippen LogP contribution in [-0.4, -0.2) is 25.9 Å². The first kappa shape index (κ1) is 19.5. The van der Waals surface area contributed by atoms with Crippen molar-refractivity contribution in [3.05, 3.63) is 59.7 Å². The Morgan fingerprint density at radius 1 is 1.04 bits per heavy atom. The molecule has 0 fully saturated rings. The Kier molecular flexibility index (Phi) is 5.37. The van der Waals surface area contributed by atoms with Crippen molar-refractivity contribution >= 4 is 21.6 Å². The molecule has 0 saturated heterocycles. The standard InChI is InChI=1S/C20H25N3O3S/c1-20(2,3)23-27(25,26)17-10-8-16(9-11-17)22-19(24)18-12-14-6-4-5-7-15(14)13-21-18/h4-11,18,21,23H,12-13H2,1-3H3,(H,22,24). The van der Waals surface area contributed by atoms with E-state index in [-0.39, 0.29) is 16.8 Å². The van der Waals surface area contributed by atoms with Gasteiger partial charge in [0.1, 0.15) is 0 Å². The van der Waals surface area contributed by atoms with Gasteiger partial charge in [-0.1, -0.05) is 24.3 Å². The van der Waals surface area contributed by atoms with Gasteiger partial charge >= 0.3 is 0 Å². The number of benzene rings is 2. The van der Waals surface area contributed by atoms with E-state index in [1.165, 1.54) is 23.3 Å². The van der Waals surface area contributed by atoms with Crippen LogP contribution in [0.4, 0.5) is 5.69 Å². The highest BCUT2D eigenvalue weighted by Crippen LogP contribution is 2.19. The van der Waals surface area contributed by atoms with Gasteiger partial charge < -0.3 is 10.6 Å². The predicted octanol–water partition coefficient (Wildman–Crippen LogP) is 2.42. The van der Waals surface area contributed by atoms with E-state index in [4.69, 9.17) is 0 Å². The first-order chi connectivity index (χ1) is 12.6. The number of rotatable bonds is 4. The molecule has 0 bridgehead atoms. The van der Waals surface area contributed by atoms with Crippen LogP contribution >= 0.6 is 0 Å². The third kappa shape index (κ3) is 4.94. The van der Waals surface area contributed by atoms with Crippen molar-refractivity contribution in [2.24, 2.45) is 0 Å². The average molecular weight is 388 g/mol. The molecule has 2 aromatic carbocycles. The van der Waals surface area contributed by atoms with Gasteiger partial charge in [-0.25, -0.2) is 13.1 Å². The zero-order chi connectivity index (χ0) is 19.7. The molecule has 3 rings (SSSR count). The maximum absolute atomic E-state index is 12.5. The normalized spacial score (nSPS) is 17.2.